The van der Waals surface area contributed by atoms with Crippen molar-refractivity contribution < 1.29 is 4.79 Å². The number of aromatic amines is 1. The van der Waals surface area contributed by atoms with Crippen molar-refractivity contribution in [2.45, 2.75) is 44.4 Å². The van der Waals surface area contributed by atoms with Gasteiger partial charge in [0.2, 0.25) is 0 Å². The number of hydrazone groups is 1. The smallest absolute Gasteiger partial charge is 0.262 e. The molecule has 1 aliphatic heterocycles. The van der Waals surface area contributed by atoms with Crippen molar-refractivity contribution in [3.63, 3.8) is 0 Å². The number of rotatable bonds is 7. The number of aromatic nitrogens is 4. The van der Waals surface area contributed by atoms with E-state index in [4.69, 9.17) is 5.10 Å². The van der Waals surface area contributed by atoms with E-state index in [1.54, 1.807) is 21.0 Å². The summed E-state index contributed by atoms with van der Waals surface area (Å²) in [4.78, 5) is 34.2. The normalized spacial score (nSPS) is 15.8. The van der Waals surface area contributed by atoms with Gasteiger partial charge < -0.3 is 4.98 Å². The van der Waals surface area contributed by atoms with E-state index in [9.17, 15) is 9.59 Å². The van der Waals surface area contributed by atoms with E-state index in [0.29, 0.717) is 29.2 Å². The molecule has 4 heterocycles. The minimum Gasteiger partial charge on any atom is -0.301 e. The van der Waals surface area contributed by atoms with Crippen molar-refractivity contribution in [1.82, 2.24) is 24.8 Å². The fourth-order valence-electron chi connectivity index (χ4n) is 3.97. The summed E-state index contributed by atoms with van der Waals surface area (Å²) >= 11 is 2.83. The lowest BCUT2D eigenvalue weighted by molar-refractivity contribution is -0.130. The topological polar surface area (TPSA) is 96.2 Å². The van der Waals surface area contributed by atoms with Crippen LogP contribution < -0.4 is 5.56 Å². The van der Waals surface area contributed by atoms with Crippen LogP contribution in [0.1, 0.15) is 41.8 Å². The lowest BCUT2D eigenvalue weighted by atomic mass is 10.00. The van der Waals surface area contributed by atoms with Gasteiger partial charge in [0.05, 0.1) is 28.6 Å². The Bertz CT molecular complexity index is 1410. The van der Waals surface area contributed by atoms with Gasteiger partial charge in [0.25, 0.3) is 11.5 Å². The molecule has 34 heavy (non-hydrogen) atoms. The second-order valence-corrected chi connectivity index (χ2v) is 10.1. The highest BCUT2D eigenvalue weighted by Gasteiger charge is 2.33. The molecule has 0 fully saturated rings. The molecule has 0 bridgehead atoms. The summed E-state index contributed by atoms with van der Waals surface area (Å²) in [6.45, 7) is 4.76. The van der Waals surface area contributed by atoms with Gasteiger partial charge in [0, 0.05) is 13.0 Å². The van der Waals surface area contributed by atoms with Gasteiger partial charge in [-0.05, 0) is 30.4 Å². The molecular weight excluding hydrogens is 468 g/mol. The molecule has 0 saturated heterocycles. The molecule has 1 atom stereocenters. The van der Waals surface area contributed by atoms with Gasteiger partial charge in [-0.1, -0.05) is 54.6 Å². The van der Waals surface area contributed by atoms with Crippen LogP contribution in [-0.2, 0) is 11.3 Å². The molecule has 0 unspecified atom stereocenters. The Hall–Kier alpha value is -3.24. The first-order valence-electron chi connectivity index (χ1n) is 11.1. The lowest BCUT2D eigenvalue weighted by Crippen LogP contribution is -2.28. The fourth-order valence-corrected chi connectivity index (χ4v) is 5.40. The fraction of sp³-hybridized carbons (Fsp3) is 0.292. The van der Waals surface area contributed by atoms with E-state index in [2.05, 4.69) is 39.3 Å². The average Bonchev–Trinajstić information content (AvgIpc) is 3.58. The predicted molar refractivity (Wildman–Crippen MR) is 135 cm³/mol. The second kappa shape index (κ2) is 9.55. The van der Waals surface area contributed by atoms with E-state index in [1.807, 2.05) is 31.4 Å². The maximum atomic E-state index is 13.3. The number of nitrogens with zero attached hydrogens (tertiary/aromatic N) is 5. The Labute approximate surface area is 204 Å². The largest absolute Gasteiger partial charge is 0.301 e. The van der Waals surface area contributed by atoms with Crippen LogP contribution in [0.25, 0.3) is 11.0 Å². The number of fused-ring (bicyclic) bond motifs is 1. The molecule has 1 aliphatic rings. The lowest BCUT2D eigenvalue weighted by Gasteiger charge is -2.22. The number of carbonyl (C=O) groups is 1. The van der Waals surface area contributed by atoms with Crippen LogP contribution in [0.3, 0.4) is 0 Å². The first-order valence-corrected chi connectivity index (χ1v) is 13.0. The van der Waals surface area contributed by atoms with Crippen LogP contribution in [0.5, 0.6) is 0 Å². The van der Waals surface area contributed by atoms with Crippen molar-refractivity contribution in [2.24, 2.45) is 5.10 Å². The second-order valence-electron chi connectivity index (χ2n) is 8.16. The number of carbonyl (C=O) groups excluding carboxylic acids is 1. The van der Waals surface area contributed by atoms with Crippen molar-refractivity contribution >= 4 is 45.8 Å². The van der Waals surface area contributed by atoms with Gasteiger partial charge in [-0.2, -0.15) is 10.2 Å². The summed E-state index contributed by atoms with van der Waals surface area (Å²) in [6.07, 6.45) is 3.08. The number of aryl methyl sites for hydroxylation is 2. The van der Waals surface area contributed by atoms with Gasteiger partial charge in [0.1, 0.15) is 5.39 Å². The number of benzene rings is 1. The van der Waals surface area contributed by atoms with Gasteiger partial charge in [-0.25, -0.2) is 14.7 Å². The van der Waals surface area contributed by atoms with Crippen molar-refractivity contribution in [3.8, 4) is 0 Å². The van der Waals surface area contributed by atoms with Crippen LogP contribution in [0.2, 0.25) is 0 Å². The maximum absolute atomic E-state index is 13.3. The molecule has 0 saturated carbocycles. The Morgan fingerprint density at radius 1 is 1.26 bits per heavy atom. The third kappa shape index (κ3) is 4.43. The number of hydrogen-bond acceptors (Lipinski definition) is 7. The molecular formula is C24H24N6O2S2. The van der Waals surface area contributed by atoms with Crippen LogP contribution in [-0.4, -0.2) is 42.1 Å². The Morgan fingerprint density at radius 2 is 2.09 bits per heavy atom. The number of nitrogens with one attached hydrogen (secondary N) is 1. The summed E-state index contributed by atoms with van der Waals surface area (Å²) in [7, 11) is 0. The number of amides is 1. The van der Waals surface area contributed by atoms with Crippen LogP contribution >= 0.6 is 23.1 Å². The quantitative estimate of drug-likeness (QED) is 0.305. The molecule has 0 aliphatic carbocycles. The SMILES string of the molecule is CCCn1ncc2c(=O)[nH]c(SCC(=O)N3N=C(c4cccs4)C[C@H]3c3ccc(C)cc3)nc21. The highest BCUT2D eigenvalue weighted by molar-refractivity contribution is 7.99. The van der Waals surface area contributed by atoms with Gasteiger partial charge >= 0.3 is 0 Å². The van der Waals surface area contributed by atoms with Crippen LogP contribution in [0.15, 0.2) is 63.0 Å². The van der Waals surface area contributed by atoms with E-state index < -0.39 is 0 Å². The molecule has 1 amide bonds. The third-order valence-corrected chi connectivity index (χ3v) is 7.46. The molecule has 1 N–H and O–H groups in total. The predicted octanol–water partition coefficient (Wildman–Crippen LogP) is 4.37. The summed E-state index contributed by atoms with van der Waals surface area (Å²) in [6, 6.07) is 12.1. The molecule has 174 valence electrons. The maximum Gasteiger partial charge on any atom is 0.262 e. The summed E-state index contributed by atoms with van der Waals surface area (Å²) < 4.78 is 1.72. The number of H-pyrrole nitrogens is 1. The molecule has 4 aromatic rings. The van der Waals surface area contributed by atoms with E-state index >= 15 is 0 Å². The number of hydrogen-bond donors (Lipinski definition) is 1. The molecule has 8 nitrogen and oxygen atoms in total. The van der Waals surface area contributed by atoms with E-state index in [-0.39, 0.29) is 23.3 Å². The zero-order valence-electron chi connectivity index (χ0n) is 18.9. The minimum atomic E-state index is -0.251. The standard InChI is InChI=1S/C24H24N6O2S2/c1-3-10-29-22-17(13-25-29)23(32)27-24(26-22)34-14-21(31)30-19(16-8-6-15(2)7-9-16)12-18(28-30)20-5-4-11-33-20/h4-9,11,13,19H,3,10,12,14H2,1-2H3,(H,26,27,32)/t19-/m0/s1. The van der Waals surface area contributed by atoms with Crippen molar-refractivity contribution in [1.29, 1.82) is 0 Å². The highest BCUT2D eigenvalue weighted by Crippen LogP contribution is 2.34. The molecule has 10 heteroatoms. The first-order chi connectivity index (χ1) is 16.5. The van der Waals surface area contributed by atoms with Gasteiger partial charge in [-0.15, -0.1) is 11.3 Å². The molecule has 0 spiro atoms. The summed E-state index contributed by atoms with van der Waals surface area (Å²) in [5.41, 5.74) is 3.42. The van der Waals surface area contributed by atoms with Crippen LogP contribution in [0, 0.1) is 6.92 Å². The van der Waals surface area contributed by atoms with Crippen LogP contribution in [0.4, 0.5) is 0 Å². The summed E-state index contributed by atoms with van der Waals surface area (Å²) in [5, 5.41) is 13.4. The first kappa shape index (κ1) is 22.5. The molecule has 3 aromatic heterocycles. The van der Waals surface area contributed by atoms with E-state index in [0.717, 1.165) is 22.6 Å². The molecule has 0 radical (unpaired) electrons. The molecule has 1 aromatic carbocycles. The van der Waals surface area contributed by atoms with Gasteiger partial charge in [0.15, 0.2) is 10.8 Å². The zero-order valence-corrected chi connectivity index (χ0v) is 20.5. The third-order valence-electron chi connectivity index (χ3n) is 5.69. The van der Waals surface area contributed by atoms with Crippen molar-refractivity contribution in [3.05, 3.63) is 74.3 Å². The highest BCUT2D eigenvalue weighted by atomic mass is 32.2. The average molecular weight is 493 g/mol. The van der Waals surface area contributed by atoms with E-state index in [1.165, 1.54) is 23.5 Å². The minimum absolute atomic E-state index is 0.111. The molecule has 5 rings (SSSR count). The van der Waals surface area contributed by atoms with Crippen molar-refractivity contribution in [2.75, 3.05) is 5.75 Å². The van der Waals surface area contributed by atoms with Gasteiger partial charge in [-0.3, -0.25) is 9.59 Å². The number of thiophene rings is 1. The Balaban J connectivity index is 1.39. The number of thioether (sulfide) groups is 1. The zero-order chi connectivity index (χ0) is 23.7. The Kier molecular flexibility index (Phi) is 6.34. The summed E-state index contributed by atoms with van der Waals surface area (Å²) in [5.74, 6) is -0.0214. The monoisotopic (exact) mass is 492 g/mol. The Morgan fingerprint density at radius 3 is 2.82 bits per heavy atom.